The molecule has 5 rings (SSSR count). The van der Waals surface area contributed by atoms with Crippen molar-refractivity contribution in [1.82, 2.24) is 0 Å². The topological polar surface area (TPSA) is 29.5 Å². The molecule has 1 atom stereocenters. The Bertz CT molecular complexity index is 297. The number of rotatable bonds is 3. The highest BCUT2D eigenvalue weighted by atomic mass is 16.5. The molecule has 2 nitrogen and oxygen atoms in total. The smallest absolute Gasteiger partial charge is 0.0599 e. The summed E-state index contributed by atoms with van der Waals surface area (Å²) < 4.78 is 5.45. The Morgan fingerprint density at radius 2 is 1.47 bits per heavy atom. The summed E-state index contributed by atoms with van der Waals surface area (Å²) in [5.41, 5.74) is 0.326. The van der Waals surface area contributed by atoms with Crippen molar-refractivity contribution in [3.05, 3.63) is 0 Å². The molecule has 1 saturated heterocycles. The zero-order valence-corrected chi connectivity index (χ0v) is 12.0. The number of aliphatic hydroxyl groups is 1. The Hall–Kier alpha value is -0.0800. The average Bonchev–Trinajstić information content (AvgIpc) is 2.38. The van der Waals surface area contributed by atoms with E-state index in [9.17, 15) is 5.11 Å². The minimum absolute atomic E-state index is 0.0241. The molecule has 1 N–H and O–H groups in total. The molecule has 0 aromatic carbocycles. The third kappa shape index (κ3) is 2.25. The second-order valence-electron chi connectivity index (χ2n) is 8.09. The van der Waals surface area contributed by atoms with E-state index in [-0.39, 0.29) is 6.10 Å². The summed E-state index contributed by atoms with van der Waals surface area (Å²) in [6.45, 7) is 1.83. The summed E-state index contributed by atoms with van der Waals surface area (Å²) in [4.78, 5) is 0. The highest BCUT2D eigenvalue weighted by Gasteiger charge is 2.54. The summed E-state index contributed by atoms with van der Waals surface area (Å²) in [6, 6.07) is 0. The zero-order chi connectivity index (χ0) is 12.9. The first-order valence-corrected chi connectivity index (χ1v) is 8.49. The number of aliphatic hydroxyl groups excluding tert-OH is 1. The van der Waals surface area contributed by atoms with Crippen molar-refractivity contribution >= 4 is 0 Å². The van der Waals surface area contributed by atoms with Gasteiger partial charge in [0.25, 0.3) is 0 Å². The van der Waals surface area contributed by atoms with Gasteiger partial charge in [-0.2, -0.15) is 0 Å². The summed E-state index contributed by atoms with van der Waals surface area (Å²) in [7, 11) is 0. The molecule has 0 aromatic rings. The fourth-order valence-electron chi connectivity index (χ4n) is 6.13. The molecular weight excluding hydrogens is 236 g/mol. The highest BCUT2D eigenvalue weighted by molar-refractivity contribution is 5.04. The summed E-state index contributed by atoms with van der Waals surface area (Å²) in [5, 5.41) is 10.9. The molecule has 108 valence electrons. The van der Waals surface area contributed by atoms with Crippen LogP contribution in [0.3, 0.4) is 0 Å². The van der Waals surface area contributed by atoms with Crippen LogP contribution in [0.15, 0.2) is 0 Å². The monoisotopic (exact) mass is 264 g/mol. The Morgan fingerprint density at radius 3 is 2.00 bits per heavy atom. The van der Waals surface area contributed by atoms with Gasteiger partial charge in [-0.25, -0.2) is 0 Å². The van der Waals surface area contributed by atoms with Gasteiger partial charge in [-0.3, -0.25) is 0 Å². The van der Waals surface area contributed by atoms with E-state index in [1.165, 1.54) is 51.4 Å². The van der Waals surface area contributed by atoms with Gasteiger partial charge in [0, 0.05) is 13.2 Å². The summed E-state index contributed by atoms with van der Waals surface area (Å²) in [6.07, 6.45) is 11.8. The molecule has 0 amide bonds. The predicted octanol–water partition coefficient (Wildman–Crippen LogP) is 3.38. The summed E-state index contributed by atoms with van der Waals surface area (Å²) >= 11 is 0. The number of hydrogen-bond donors (Lipinski definition) is 1. The Kier molecular flexibility index (Phi) is 3.15. The van der Waals surface area contributed by atoms with Gasteiger partial charge in [0.05, 0.1) is 6.10 Å². The van der Waals surface area contributed by atoms with Crippen LogP contribution in [-0.2, 0) is 4.74 Å². The maximum atomic E-state index is 10.9. The predicted molar refractivity (Wildman–Crippen MR) is 74.8 cm³/mol. The van der Waals surface area contributed by atoms with E-state index in [1.54, 1.807) is 0 Å². The van der Waals surface area contributed by atoms with Crippen LogP contribution in [0.25, 0.3) is 0 Å². The van der Waals surface area contributed by atoms with Crippen molar-refractivity contribution < 1.29 is 9.84 Å². The van der Waals surface area contributed by atoms with Crippen molar-refractivity contribution in [2.24, 2.45) is 29.1 Å². The van der Waals surface area contributed by atoms with Crippen molar-refractivity contribution in [1.29, 1.82) is 0 Å². The van der Waals surface area contributed by atoms with Crippen LogP contribution < -0.4 is 0 Å². The molecule has 1 unspecified atom stereocenters. The fourth-order valence-corrected chi connectivity index (χ4v) is 6.13. The minimum atomic E-state index is -0.0241. The first-order valence-electron chi connectivity index (χ1n) is 8.49. The van der Waals surface area contributed by atoms with E-state index in [4.69, 9.17) is 4.74 Å². The van der Waals surface area contributed by atoms with Gasteiger partial charge in [-0.1, -0.05) is 0 Å². The van der Waals surface area contributed by atoms with E-state index in [0.717, 1.165) is 43.3 Å². The Morgan fingerprint density at radius 1 is 0.947 bits per heavy atom. The molecule has 0 aromatic heterocycles. The van der Waals surface area contributed by atoms with Crippen LogP contribution in [0.5, 0.6) is 0 Å². The standard InChI is InChI=1S/C17H28O2/c18-16(8-12-1-3-19-4-2-12)17-9-13-5-14(10-17)7-15(6-13)11-17/h12-16,18H,1-11H2. The number of hydrogen-bond acceptors (Lipinski definition) is 2. The molecule has 1 heterocycles. The van der Waals surface area contributed by atoms with Crippen LogP contribution in [0, 0.1) is 29.1 Å². The molecule has 4 bridgehead atoms. The molecule has 2 heteroatoms. The molecule has 4 aliphatic carbocycles. The molecule has 4 saturated carbocycles. The van der Waals surface area contributed by atoms with Crippen molar-refractivity contribution in [2.75, 3.05) is 13.2 Å². The quantitative estimate of drug-likeness (QED) is 0.846. The van der Waals surface area contributed by atoms with Crippen molar-refractivity contribution in [3.8, 4) is 0 Å². The third-order valence-electron chi connectivity index (χ3n) is 6.69. The third-order valence-corrected chi connectivity index (χ3v) is 6.69. The minimum Gasteiger partial charge on any atom is -0.393 e. The van der Waals surface area contributed by atoms with Crippen molar-refractivity contribution in [2.45, 2.75) is 63.9 Å². The molecule has 1 aliphatic heterocycles. The van der Waals surface area contributed by atoms with Gasteiger partial charge in [0.1, 0.15) is 0 Å². The largest absolute Gasteiger partial charge is 0.393 e. The average molecular weight is 264 g/mol. The maximum absolute atomic E-state index is 10.9. The van der Waals surface area contributed by atoms with E-state index < -0.39 is 0 Å². The first kappa shape index (κ1) is 12.6. The number of ether oxygens (including phenoxy) is 1. The summed E-state index contributed by atoms with van der Waals surface area (Å²) in [5.74, 6) is 3.58. The molecule has 0 radical (unpaired) electrons. The lowest BCUT2D eigenvalue weighted by atomic mass is 9.47. The normalized spacial score (nSPS) is 47.5. The Labute approximate surface area is 116 Å². The van der Waals surface area contributed by atoms with E-state index in [1.807, 2.05) is 0 Å². The van der Waals surface area contributed by atoms with Crippen molar-refractivity contribution in [3.63, 3.8) is 0 Å². The lowest BCUT2D eigenvalue weighted by Crippen LogP contribution is -2.52. The lowest BCUT2D eigenvalue weighted by Gasteiger charge is -2.58. The lowest BCUT2D eigenvalue weighted by molar-refractivity contribution is -0.128. The highest BCUT2D eigenvalue weighted by Crippen LogP contribution is 2.61. The van der Waals surface area contributed by atoms with Gasteiger partial charge in [-0.05, 0) is 86.9 Å². The van der Waals surface area contributed by atoms with E-state index in [2.05, 4.69) is 0 Å². The van der Waals surface area contributed by atoms with Gasteiger partial charge in [0.15, 0.2) is 0 Å². The second kappa shape index (κ2) is 4.73. The molecule has 0 spiro atoms. The fraction of sp³-hybridized carbons (Fsp3) is 1.00. The van der Waals surface area contributed by atoms with Crippen LogP contribution in [0.2, 0.25) is 0 Å². The second-order valence-corrected chi connectivity index (χ2v) is 8.09. The van der Waals surface area contributed by atoms with Crippen LogP contribution in [0.4, 0.5) is 0 Å². The molecule has 19 heavy (non-hydrogen) atoms. The van der Waals surface area contributed by atoms with E-state index >= 15 is 0 Å². The molecular formula is C17H28O2. The van der Waals surface area contributed by atoms with Gasteiger partial charge in [-0.15, -0.1) is 0 Å². The van der Waals surface area contributed by atoms with Gasteiger partial charge < -0.3 is 9.84 Å². The Balaban J connectivity index is 1.45. The molecule has 5 fully saturated rings. The van der Waals surface area contributed by atoms with Crippen LogP contribution in [-0.4, -0.2) is 24.4 Å². The maximum Gasteiger partial charge on any atom is 0.0599 e. The molecule has 5 aliphatic rings. The van der Waals surface area contributed by atoms with E-state index in [0.29, 0.717) is 5.41 Å². The van der Waals surface area contributed by atoms with Crippen LogP contribution >= 0.6 is 0 Å². The zero-order valence-electron chi connectivity index (χ0n) is 12.0. The van der Waals surface area contributed by atoms with Crippen LogP contribution in [0.1, 0.15) is 57.8 Å². The van der Waals surface area contributed by atoms with Gasteiger partial charge >= 0.3 is 0 Å². The van der Waals surface area contributed by atoms with Gasteiger partial charge in [0.2, 0.25) is 0 Å². The SMILES string of the molecule is OC(CC1CCOCC1)C12CC3CC(CC(C3)C1)C2. The first-order chi connectivity index (χ1) is 9.23.